The van der Waals surface area contributed by atoms with Crippen LogP contribution < -0.4 is 21.1 Å². The lowest BCUT2D eigenvalue weighted by molar-refractivity contribution is -0.385. The largest absolute Gasteiger partial charge is 0.497 e. The molecule has 0 spiro atoms. The molecule has 0 aliphatic heterocycles. The van der Waals surface area contributed by atoms with E-state index in [1.807, 2.05) is 0 Å². The zero-order chi connectivity index (χ0) is 25.0. The Morgan fingerprint density at radius 3 is 1.72 bits per heavy atom. The molecule has 15 nitrogen and oxygen atoms in total. The minimum Gasteiger partial charge on any atom is -0.497 e. The van der Waals surface area contributed by atoms with Crippen LogP contribution in [0.4, 0.5) is 17.1 Å². The first-order valence-electron chi connectivity index (χ1n) is 8.08. The highest BCUT2D eigenvalue weighted by Crippen LogP contribution is 2.31. The van der Waals surface area contributed by atoms with Crippen molar-refractivity contribution in [3.05, 3.63) is 61.7 Å². The number of hydrogen-bond acceptors (Lipinski definition) is 11. The van der Waals surface area contributed by atoms with Crippen LogP contribution in [0.3, 0.4) is 0 Å². The number of nitro groups is 2. The van der Waals surface area contributed by atoms with Crippen molar-refractivity contribution in [2.45, 2.75) is 0 Å². The van der Waals surface area contributed by atoms with Gasteiger partial charge in [-0.2, -0.15) is 0 Å². The summed E-state index contributed by atoms with van der Waals surface area (Å²) < 4.78 is 9.51. The van der Waals surface area contributed by atoms with Crippen LogP contribution in [0.25, 0.3) is 0 Å². The zero-order valence-electron chi connectivity index (χ0n) is 17.0. The molecule has 0 bridgehead atoms. The topological polar surface area (TPSA) is 241 Å². The zero-order valence-corrected chi connectivity index (χ0v) is 17.0. The van der Waals surface area contributed by atoms with Crippen LogP contribution in [0.15, 0.2) is 30.3 Å². The molecule has 0 aromatic heterocycles. The van der Waals surface area contributed by atoms with Gasteiger partial charge in [0, 0.05) is 24.3 Å². The molecule has 0 atom stereocenters. The summed E-state index contributed by atoms with van der Waals surface area (Å²) in [5, 5.41) is 38.4. The summed E-state index contributed by atoms with van der Waals surface area (Å²) in [6, 6.07) is 5.80. The van der Waals surface area contributed by atoms with Crippen molar-refractivity contribution in [1.82, 2.24) is 0 Å². The van der Waals surface area contributed by atoms with E-state index in [4.69, 9.17) is 25.4 Å². The van der Waals surface area contributed by atoms with Crippen molar-refractivity contribution in [1.29, 1.82) is 0 Å². The molecule has 0 heterocycles. The van der Waals surface area contributed by atoms with Gasteiger partial charge in [-0.3, -0.25) is 20.2 Å². The third-order valence-electron chi connectivity index (χ3n) is 3.39. The third-order valence-corrected chi connectivity index (χ3v) is 3.39. The van der Waals surface area contributed by atoms with Crippen molar-refractivity contribution in [2.75, 3.05) is 27.1 Å². The van der Waals surface area contributed by atoms with Crippen LogP contribution in [-0.4, -0.2) is 53.3 Å². The Hall–Kier alpha value is -4.50. The number of anilines is 1. The molecular formula is C17H20N4O11. The summed E-state index contributed by atoms with van der Waals surface area (Å²) in [4.78, 5) is 44.5. The van der Waals surface area contributed by atoms with E-state index < -0.39 is 38.7 Å². The number of rotatable bonds is 6. The van der Waals surface area contributed by atoms with Crippen LogP contribution >= 0.6 is 0 Å². The Labute approximate surface area is 180 Å². The van der Waals surface area contributed by atoms with Gasteiger partial charge in [-0.15, -0.1) is 0 Å². The summed E-state index contributed by atoms with van der Waals surface area (Å²) in [5.74, 6) is 2.01. The van der Waals surface area contributed by atoms with E-state index >= 15 is 0 Å². The van der Waals surface area contributed by atoms with Gasteiger partial charge in [-0.1, -0.05) is 0 Å². The molecule has 0 saturated heterocycles. The number of carboxylic acids is 2. The average Bonchev–Trinajstić information content (AvgIpc) is 2.73. The van der Waals surface area contributed by atoms with Gasteiger partial charge in [0.15, 0.2) is 0 Å². The van der Waals surface area contributed by atoms with Gasteiger partial charge < -0.3 is 30.3 Å². The highest BCUT2D eigenvalue weighted by Gasteiger charge is 2.24. The van der Waals surface area contributed by atoms with Gasteiger partial charge in [0.2, 0.25) is 0 Å². The Bertz CT molecular complexity index is 995. The number of nitrogen functional groups attached to an aromatic ring is 1. The molecule has 6 N–H and O–H groups in total. The van der Waals surface area contributed by atoms with Crippen molar-refractivity contribution >= 4 is 29.0 Å². The molecule has 0 aliphatic carbocycles. The molecule has 0 fully saturated rings. The highest BCUT2D eigenvalue weighted by atomic mass is 16.6. The van der Waals surface area contributed by atoms with Crippen molar-refractivity contribution in [2.24, 2.45) is 5.90 Å². The van der Waals surface area contributed by atoms with Gasteiger partial charge in [0.25, 0.3) is 5.69 Å². The molecule has 2 aromatic rings. The fraction of sp³-hybridized carbons (Fsp3) is 0.176. The Balaban J connectivity index is 0.000000536. The quantitative estimate of drug-likeness (QED) is 0.275. The second-order valence-corrected chi connectivity index (χ2v) is 5.36. The van der Waals surface area contributed by atoms with E-state index in [1.54, 1.807) is 0 Å². The molecule has 2 rings (SSSR count). The SMILES string of the molecule is CON.COc1cc(N)c([N+](=O)[O-])c(C(=O)O)c1.COc1ccc([N+](=O)[O-])c(C(=O)O)c1. The standard InChI is InChI=1S/C8H8N2O5.C8H7NO5.CH5NO/c1-15-4-2-5(8(11)12)7(10(13)14)6(9)3-4;1-14-5-2-3-7(9(12)13)6(4-5)8(10)11;1-3-2/h2-3H,9H2,1H3,(H,11,12);2-4H,1H3,(H,10,11);2H2,1H3. The Morgan fingerprint density at radius 2 is 1.34 bits per heavy atom. The van der Waals surface area contributed by atoms with E-state index in [-0.39, 0.29) is 22.7 Å². The third kappa shape index (κ3) is 7.73. The number of nitrogens with two attached hydrogens (primary N) is 2. The maximum absolute atomic E-state index is 10.7. The molecule has 0 amide bonds. The molecule has 0 radical (unpaired) electrons. The predicted molar refractivity (Wildman–Crippen MR) is 109 cm³/mol. The smallest absolute Gasteiger partial charge is 0.342 e. The number of aromatic carboxylic acids is 2. The van der Waals surface area contributed by atoms with E-state index in [0.29, 0.717) is 0 Å². The Morgan fingerprint density at radius 1 is 0.875 bits per heavy atom. The molecule has 15 heteroatoms. The summed E-state index contributed by atoms with van der Waals surface area (Å²) in [5.41, 5.74) is 3.18. The van der Waals surface area contributed by atoms with E-state index in [2.05, 4.69) is 10.7 Å². The van der Waals surface area contributed by atoms with Crippen molar-refractivity contribution < 1.29 is 44.0 Å². The maximum Gasteiger partial charge on any atom is 0.342 e. The number of carboxylic acid groups (broad SMARTS) is 2. The van der Waals surface area contributed by atoms with E-state index in [0.717, 1.165) is 18.2 Å². The van der Waals surface area contributed by atoms with Crippen LogP contribution in [0.2, 0.25) is 0 Å². The monoisotopic (exact) mass is 456 g/mol. The number of carbonyl (C=O) groups is 2. The van der Waals surface area contributed by atoms with Gasteiger partial charge in [0.05, 0.1) is 31.2 Å². The minimum atomic E-state index is -1.42. The van der Waals surface area contributed by atoms with Crippen LogP contribution in [-0.2, 0) is 4.84 Å². The number of methoxy groups -OCH3 is 2. The lowest BCUT2D eigenvalue weighted by atomic mass is 10.1. The van der Waals surface area contributed by atoms with Crippen LogP contribution in [0, 0.1) is 20.2 Å². The normalized spacial score (nSPS) is 9.25. The lowest BCUT2D eigenvalue weighted by Gasteiger charge is -2.04. The van der Waals surface area contributed by atoms with Crippen molar-refractivity contribution in [3.8, 4) is 11.5 Å². The van der Waals surface area contributed by atoms with Gasteiger partial charge in [-0.05, 0) is 6.07 Å². The average molecular weight is 456 g/mol. The fourth-order valence-corrected chi connectivity index (χ4v) is 2.09. The number of ether oxygens (including phenoxy) is 2. The second-order valence-electron chi connectivity index (χ2n) is 5.36. The molecule has 0 saturated carbocycles. The lowest BCUT2D eigenvalue weighted by Crippen LogP contribution is -2.06. The highest BCUT2D eigenvalue weighted by molar-refractivity contribution is 5.96. The molecule has 2 aromatic carbocycles. The second kappa shape index (κ2) is 12.9. The predicted octanol–water partition coefficient (Wildman–Crippen LogP) is 1.69. The number of nitrogens with zero attached hydrogens (tertiary/aromatic N) is 2. The van der Waals surface area contributed by atoms with Crippen LogP contribution in [0.5, 0.6) is 11.5 Å². The number of benzene rings is 2. The summed E-state index contributed by atoms with van der Waals surface area (Å²) in [6.07, 6.45) is 0. The number of nitro benzene ring substituents is 2. The van der Waals surface area contributed by atoms with Gasteiger partial charge in [-0.25, -0.2) is 15.5 Å². The Kier molecular flexibility index (Phi) is 11.1. The summed E-state index contributed by atoms with van der Waals surface area (Å²) >= 11 is 0. The van der Waals surface area contributed by atoms with Crippen LogP contribution in [0.1, 0.15) is 20.7 Å². The molecule has 174 valence electrons. The minimum absolute atomic E-state index is 0.163. The fourth-order valence-electron chi connectivity index (χ4n) is 2.09. The molecule has 0 aliphatic rings. The van der Waals surface area contributed by atoms with Gasteiger partial charge >= 0.3 is 17.6 Å². The van der Waals surface area contributed by atoms with E-state index in [1.165, 1.54) is 33.5 Å². The first kappa shape index (κ1) is 27.5. The summed E-state index contributed by atoms with van der Waals surface area (Å²) in [7, 11) is 4.07. The van der Waals surface area contributed by atoms with Crippen molar-refractivity contribution in [3.63, 3.8) is 0 Å². The first-order valence-corrected chi connectivity index (χ1v) is 8.08. The van der Waals surface area contributed by atoms with Gasteiger partial charge in [0.1, 0.15) is 28.3 Å². The first-order chi connectivity index (χ1) is 14.9. The maximum atomic E-state index is 10.7. The van der Waals surface area contributed by atoms with E-state index in [9.17, 15) is 29.8 Å². The molecule has 0 unspecified atom stereocenters. The molecular weight excluding hydrogens is 436 g/mol. The molecule has 32 heavy (non-hydrogen) atoms. The number of hydrogen-bond donors (Lipinski definition) is 4. The summed E-state index contributed by atoms with van der Waals surface area (Å²) in [6.45, 7) is 0.